The van der Waals surface area contributed by atoms with Crippen LogP contribution in [0.2, 0.25) is 0 Å². The second-order valence-electron chi connectivity index (χ2n) is 4.73. The molecule has 0 aliphatic rings. The number of aromatic carboxylic acids is 1. The van der Waals surface area contributed by atoms with Crippen molar-refractivity contribution >= 4 is 27.7 Å². The summed E-state index contributed by atoms with van der Waals surface area (Å²) in [4.78, 5) is 10.9. The number of nitrogens with two attached hydrogens (primary N) is 1. The summed E-state index contributed by atoms with van der Waals surface area (Å²) in [5, 5.41) is 13.4. The van der Waals surface area contributed by atoms with Crippen molar-refractivity contribution in [3.63, 3.8) is 0 Å². The first-order chi connectivity index (χ1) is 10.5. The molecule has 3 aromatic rings. The Bertz CT molecular complexity index is 824. The predicted molar refractivity (Wildman–Crippen MR) is 88.1 cm³/mol. The average molecular weight is 358 g/mol. The van der Waals surface area contributed by atoms with Gasteiger partial charge in [-0.25, -0.2) is 9.48 Å². The van der Waals surface area contributed by atoms with Gasteiger partial charge in [-0.2, -0.15) is 5.10 Å². The second-order valence-corrected chi connectivity index (χ2v) is 5.64. The van der Waals surface area contributed by atoms with Gasteiger partial charge >= 0.3 is 5.97 Å². The molecule has 0 aliphatic carbocycles. The number of hydrogen-bond donors (Lipinski definition) is 2. The SMILES string of the molecule is Nc1cc(-c2ccc(C(=O)O)cc2)nn1-c1ccc(Br)cc1. The normalized spacial score (nSPS) is 10.6. The van der Waals surface area contributed by atoms with E-state index < -0.39 is 5.97 Å². The van der Waals surface area contributed by atoms with Crippen LogP contribution in [-0.4, -0.2) is 20.9 Å². The van der Waals surface area contributed by atoms with Crippen LogP contribution in [0.15, 0.2) is 59.1 Å². The lowest BCUT2D eigenvalue weighted by molar-refractivity contribution is 0.0697. The van der Waals surface area contributed by atoms with Crippen molar-refractivity contribution in [1.82, 2.24) is 9.78 Å². The van der Waals surface area contributed by atoms with Gasteiger partial charge in [-0.1, -0.05) is 28.1 Å². The molecule has 0 aliphatic heterocycles. The van der Waals surface area contributed by atoms with E-state index in [-0.39, 0.29) is 5.56 Å². The van der Waals surface area contributed by atoms with E-state index in [0.29, 0.717) is 11.5 Å². The molecule has 3 rings (SSSR count). The number of nitrogens with zero attached hydrogens (tertiary/aromatic N) is 2. The number of nitrogen functional groups attached to an aromatic ring is 1. The first kappa shape index (κ1) is 14.3. The molecule has 0 bridgehead atoms. The van der Waals surface area contributed by atoms with Crippen LogP contribution in [-0.2, 0) is 0 Å². The van der Waals surface area contributed by atoms with Gasteiger partial charge in [0, 0.05) is 16.1 Å². The predicted octanol–water partition coefficient (Wildman–Crippen LogP) is 3.58. The molecule has 0 saturated carbocycles. The summed E-state index contributed by atoms with van der Waals surface area (Å²) in [6.07, 6.45) is 0. The molecule has 3 N–H and O–H groups in total. The number of rotatable bonds is 3. The summed E-state index contributed by atoms with van der Waals surface area (Å²) in [5.74, 6) is -0.439. The van der Waals surface area contributed by atoms with Crippen LogP contribution in [0.4, 0.5) is 5.82 Å². The molecular weight excluding hydrogens is 346 g/mol. The molecule has 0 unspecified atom stereocenters. The third-order valence-corrected chi connectivity index (χ3v) is 3.76. The van der Waals surface area contributed by atoms with E-state index in [4.69, 9.17) is 10.8 Å². The number of anilines is 1. The third-order valence-electron chi connectivity index (χ3n) is 3.24. The van der Waals surface area contributed by atoms with Crippen molar-refractivity contribution in [3.8, 4) is 16.9 Å². The Morgan fingerprint density at radius 2 is 1.73 bits per heavy atom. The fourth-order valence-electron chi connectivity index (χ4n) is 2.11. The maximum absolute atomic E-state index is 10.9. The molecule has 0 saturated heterocycles. The molecule has 1 aromatic heterocycles. The van der Waals surface area contributed by atoms with Gasteiger partial charge in [0.05, 0.1) is 16.9 Å². The van der Waals surface area contributed by atoms with Crippen molar-refractivity contribution in [3.05, 3.63) is 64.6 Å². The maximum Gasteiger partial charge on any atom is 0.335 e. The fourth-order valence-corrected chi connectivity index (χ4v) is 2.37. The Balaban J connectivity index is 1.98. The molecule has 22 heavy (non-hydrogen) atoms. The number of carboxylic acid groups (broad SMARTS) is 1. The molecule has 5 nitrogen and oxygen atoms in total. The highest BCUT2D eigenvalue weighted by Crippen LogP contribution is 2.24. The Morgan fingerprint density at radius 1 is 1.09 bits per heavy atom. The van der Waals surface area contributed by atoms with Gasteiger partial charge in [-0.15, -0.1) is 0 Å². The fraction of sp³-hybridized carbons (Fsp3) is 0. The quantitative estimate of drug-likeness (QED) is 0.750. The summed E-state index contributed by atoms with van der Waals surface area (Å²) in [5.41, 5.74) is 8.62. The van der Waals surface area contributed by atoms with Crippen LogP contribution in [0.3, 0.4) is 0 Å². The summed E-state index contributed by atoms with van der Waals surface area (Å²) in [7, 11) is 0. The van der Waals surface area contributed by atoms with Gasteiger partial charge in [-0.05, 0) is 36.4 Å². The number of hydrogen-bond acceptors (Lipinski definition) is 3. The minimum Gasteiger partial charge on any atom is -0.478 e. The third kappa shape index (κ3) is 2.73. The lowest BCUT2D eigenvalue weighted by atomic mass is 10.1. The summed E-state index contributed by atoms with van der Waals surface area (Å²) in [6.45, 7) is 0. The highest BCUT2D eigenvalue weighted by molar-refractivity contribution is 9.10. The highest BCUT2D eigenvalue weighted by atomic mass is 79.9. The molecule has 0 radical (unpaired) electrons. The number of aromatic nitrogens is 2. The van der Waals surface area contributed by atoms with E-state index in [0.717, 1.165) is 15.7 Å². The number of carbonyl (C=O) groups is 1. The monoisotopic (exact) mass is 357 g/mol. The molecule has 6 heteroatoms. The van der Waals surface area contributed by atoms with Crippen molar-refractivity contribution < 1.29 is 9.90 Å². The van der Waals surface area contributed by atoms with E-state index in [2.05, 4.69) is 21.0 Å². The van der Waals surface area contributed by atoms with E-state index in [1.54, 1.807) is 35.0 Å². The minimum absolute atomic E-state index is 0.240. The van der Waals surface area contributed by atoms with Gasteiger partial charge in [0.1, 0.15) is 5.82 Å². The average Bonchev–Trinajstić information content (AvgIpc) is 2.90. The van der Waals surface area contributed by atoms with E-state index in [1.807, 2.05) is 24.3 Å². The zero-order valence-electron chi connectivity index (χ0n) is 11.4. The number of carboxylic acids is 1. The Hall–Kier alpha value is -2.60. The number of halogens is 1. The van der Waals surface area contributed by atoms with Crippen molar-refractivity contribution in [2.75, 3.05) is 5.73 Å². The molecule has 0 amide bonds. The first-order valence-electron chi connectivity index (χ1n) is 6.50. The highest BCUT2D eigenvalue weighted by Gasteiger charge is 2.10. The van der Waals surface area contributed by atoms with E-state index in [1.165, 1.54) is 0 Å². The van der Waals surface area contributed by atoms with Gasteiger partial charge in [-0.3, -0.25) is 0 Å². The smallest absolute Gasteiger partial charge is 0.335 e. The van der Waals surface area contributed by atoms with E-state index in [9.17, 15) is 4.79 Å². The summed E-state index contributed by atoms with van der Waals surface area (Å²) in [6, 6.07) is 15.9. The van der Waals surface area contributed by atoms with Crippen molar-refractivity contribution in [2.45, 2.75) is 0 Å². The van der Waals surface area contributed by atoms with Gasteiger partial charge in [0.2, 0.25) is 0 Å². The van der Waals surface area contributed by atoms with Crippen LogP contribution < -0.4 is 5.73 Å². The van der Waals surface area contributed by atoms with Gasteiger partial charge < -0.3 is 10.8 Å². The Kier molecular flexibility index (Phi) is 3.68. The van der Waals surface area contributed by atoms with Crippen LogP contribution in [0.25, 0.3) is 16.9 Å². The van der Waals surface area contributed by atoms with Gasteiger partial charge in [0.25, 0.3) is 0 Å². The zero-order chi connectivity index (χ0) is 15.7. The molecule has 110 valence electrons. The maximum atomic E-state index is 10.9. The minimum atomic E-state index is -0.952. The van der Waals surface area contributed by atoms with Crippen LogP contribution >= 0.6 is 15.9 Å². The zero-order valence-corrected chi connectivity index (χ0v) is 13.0. The Morgan fingerprint density at radius 3 is 2.32 bits per heavy atom. The van der Waals surface area contributed by atoms with Crippen molar-refractivity contribution in [2.24, 2.45) is 0 Å². The Labute approximate surface area is 135 Å². The van der Waals surface area contributed by atoms with Crippen LogP contribution in [0.1, 0.15) is 10.4 Å². The van der Waals surface area contributed by atoms with Crippen molar-refractivity contribution in [1.29, 1.82) is 0 Å². The van der Waals surface area contributed by atoms with Crippen LogP contribution in [0, 0.1) is 0 Å². The largest absolute Gasteiger partial charge is 0.478 e. The summed E-state index contributed by atoms with van der Waals surface area (Å²) >= 11 is 3.39. The molecule has 2 aromatic carbocycles. The second kappa shape index (κ2) is 5.65. The first-order valence-corrected chi connectivity index (χ1v) is 7.29. The van der Waals surface area contributed by atoms with Crippen LogP contribution in [0.5, 0.6) is 0 Å². The van der Waals surface area contributed by atoms with Gasteiger partial charge in [0.15, 0.2) is 0 Å². The topological polar surface area (TPSA) is 81.1 Å². The standard InChI is InChI=1S/C16H12BrN3O2/c17-12-5-7-13(8-6-12)20-15(18)9-14(19-20)10-1-3-11(4-2-10)16(21)22/h1-9H,18H2,(H,21,22). The lowest BCUT2D eigenvalue weighted by Crippen LogP contribution is -2.01. The molecule has 1 heterocycles. The molecule has 0 spiro atoms. The summed E-state index contributed by atoms with van der Waals surface area (Å²) < 4.78 is 2.62. The van der Waals surface area contributed by atoms with E-state index >= 15 is 0 Å². The molecule has 0 atom stereocenters. The lowest BCUT2D eigenvalue weighted by Gasteiger charge is -2.03. The number of benzene rings is 2. The molecule has 0 fully saturated rings. The molecular formula is C16H12BrN3O2.